The number of benzene rings is 1. The van der Waals surface area contributed by atoms with Crippen molar-refractivity contribution in [1.82, 2.24) is 0 Å². The molecule has 0 radical (unpaired) electrons. The Bertz CT molecular complexity index is 490. The Labute approximate surface area is 101 Å². The minimum absolute atomic E-state index is 0.337. The van der Waals surface area contributed by atoms with E-state index < -0.39 is 5.97 Å². The second-order valence-electron chi connectivity index (χ2n) is 3.41. The second-order valence-corrected chi connectivity index (χ2v) is 3.41. The Morgan fingerprint density at radius 2 is 2.29 bits per heavy atom. The number of ether oxygens (including phenoxy) is 1. The zero-order chi connectivity index (χ0) is 12.7. The van der Waals surface area contributed by atoms with Crippen molar-refractivity contribution in [2.24, 2.45) is 0 Å². The van der Waals surface area contributed by atoms with Crippen LogP contribution in [0.2, 0.25) is 0 Å². The number of hydrogen-bond acceptors (Lipinski definition) is 2. The van der Waals surface area contributed by atoms with Gasteiger partial charge in [-0.3, -0.25) is 0 Å². The standard InChI is InChI=1S/C14H14O3/c1-3-4-9-17-13-10-12(6-5-11(13)2)7-8-14(15)16/h5-8,10H,9H2,1-2H3,(H,15,16)/b8-7+. The summed E-state index contributed by atoms with van der Waals surface area (Å²) in [6.07, 6.45) is 2.63. The Balaban J connectivity index is 2.84. The van der Waals surface area contributed by atoms with Crippen LogP contribution >= 0.6 is 0 Å². The molecule has 0 heterocycles. The van der Waals surface area contributed by atoms with Crippen LogP contribution in [-0.4, -0.2) is 17.7 Å². The van der Waals surface area contributed by atoms with Crippen molar-refractivity contribution in [3.8, 4) is 17.6 Å². The van der Waals surface area contributed by atoms with Crippen LogP contribution in [0.3, 0.4) is 0 Å². The SMILES string of the molecule is CC#CCOc1cc(/C=C/C(=O)O)ccc1C. The van der Waals surface area contributed by atoms with Gasteiger partial charge in [0, 0.05) is 6.08 Å². The maximum absolute atomic E-state index is 10.4. The average molecular weight is 230 g/mol. The highest BCUT2D eigenvalue weighted by molar-refractivity contribution is 5.85. The number of aliphatic carboxylic acids is 1. The lowest BCUT2D eigenvalue weighted by atomic mass is 10.1. The monoisotopic (exact) mass is 230 g/mol. The van der Waals surface area contributed by atoms with Gasteiger partial charge in [-0.15, -0.1) is 5.92 Å². The van der Waals surface area contributed by atoms with Crippen LogP contribution in [0.5, 0.6) is 5.75 Å². The van der Waals surface area contributed by atoms with E-state index in [-0.39, 0.29) is 0 Å². The molecule has 0 atom stereocenters. The molecule has 1 N–H and O–H groups in total. The van der Waals surface area contributed by atoms with Crippen LogP contribution in [0.25, 0.3) is 6.08 Å². The highest BCUT2D eigenvalue weighted by atomic mass is 16.5. The highest BCUT2D eigenvalue weighted by Gasteiger charge is 1.99. The van der Waals surface area contributed by atoms with Crippen molar-refractivity contribution < 1.29 is 14.6 Å². The fourth-order valence-corrected chi connectivity index (χ4v) is 1.23. The van der Waals surface area contributed by atoms with Crippen molar-refractivity contribution >= 4 is 12.0 Å². The van der Waals surface area contributed by atoms with E-state index in [4.69, 9.17) is 9.84 Å². The first kappa shape index (κ1) is 12.9. The second kappa shape index (κ2) is 6.39. The Morgan fingerprint density at radius 1 is 1.53 bits per heavy atom. The molecule has 3 nitrogen and oxygen atoms in total. The predicted molar refractivity (Wildman–Crippen MR) is 66.8 cm³/mol. The molecule has 3 heteroatoms. The molecule has 17 heavy (non-hydrogen) atoms. The third kappa shape index (κ3) is 4.43. The number of rotatable bonds is 4. The summed E-state index contributed by atoms with van der Waals surface area (Å²) in [5.74, 6) is 5.31. The van der Waals surface area contributed by atoms with Gasteiger partial charge >= 0.3 is 5.97 Å². The third-order valence-electron chi connectivity index (χ3n) is 2.11. The van der Waals surface area contributed by atoms with Gasteiger partial charge in [0.15, 0.2) is 0 Å². The van der Waals surface area contributed by atoms with E-state index in [2.05, 4.69) is 11.8 Å². The molecule has 1 aromatic carbocycles. The first-order chi connectivity index (χ1) is 8.13. The van der Waals surface area contributed by atoms with Crippen LogP contribution in [0.15, 0.2) is 24.3 Å². The van der Waals surface area contributed by atoms with Crippen molar-refractivity contribution in [2.45, 2.75) is 13.8 Å². The molecule has 0 aliphatic rings. The zero-order valence-corrected chi connectivity index (χ0v) is 9.86. The molecule has 0 unspecified atom stereocenters. The minimum atomic E-state index is -0.968. The zero-order valence-electron chi connectivity index (χ0n) is 9.86. The highest BCUT2D eigenvalue weighted by Crippen LogP contribution is 2.20. The maximum Gasteiger partial charge on any atom is 0.328 e. The van der Waals surface area contributed by atoms with Gasteiger partial charge in [-0.05, 0) is 37.1 Å². The summed E-state index contributed by atoms with van der Waals surface area (Å²) in [6.45, 7) is 4.02. The maximum atomic E-state index is 10.4. The first-order valence-electron chi connectivity index (χ1n) is 5.17. The molecule has 0 fully saturated rings. The minimum Gasteiger partial charge on any atom is -0.481 e. The molecule has 0 amide bonds. The number of aryl methyl sites for hydroxylation is 1. The van der Waals surface area contributed by atoms with Crippen molar-refractivity contribution in [3.05, 3.63) is 35.4 Å². The molecule has 1 aromatic rings. The molecular formula is C14H14O3. The molecule has 0 spiro atoms. The molecule has 0 saturated heterocycles. The van der Waals surface area contributed by atoms with E-state index in [1.165, 1.54) is 6.08 Å². The summed E-state index contributed by atoms with van der Waals surface area (Å²) in [7, 11) is 0. The Morgan fingerprint density at radius 3 is 2.94 bits per heavy atom. The van der Waals surface area contributed by atoms with Crippen LogP contribution in [-0.2, 0) is 4.79 Å². The molecule has 0 bridgehead atoms. The molecular weight excluding hydrogens is 216 g/mol. The van der Waals surface area contributed by atoms with Gasteiger partial charge in [-0.1, -0.05) is 18.1 Å². The van der Waals surface area contributed by atoms with E-state index >= 15 is 0 Å². The van der Waals surface area contributed by atoms with Crippen molar-refractivity contribution in [1.29, 1.82) is 0 Å². The number of hydrogen-bond donors (Lipinski definition) is 1. The molecule has 0 aromatic heterocycles. The van der Waals surface area contributed by atoms with E-state index in [9.17, 15) is 4.79 Å². The van der Waals surface area contributed by atoms with Gasteiger partial charge in [0.2, 0.25) is 0 Å². The smallest absolute Gasteiger partial charge is 0.328 e. The summed E-state index contributed by atoms with van der Waals surface area (Å²) < 4.78 is 5.47. The Hall–Kier alpha value is -2.21. The fraction of sp³-hybridized carbons (Fsp3) is 0.214. The topological polar surface area (TPSA) is 46.5 Å². The molecule has 1 rings (SSSR count). The molecule has 0 saturated carbocycles. The summed E-state index contributed by atoms with van der Waals surface area (Å²) in [6, 6.07) is 5.52. The van der Waals surface area contributed by atoms with Crippen LogP contribution < -0.4 is 4.74 Å². The van der Waals surface area contributed by atoms with E-state index in [1.54, 1.807) is 13.0 Å². The van der Waals surface area contributed by atoms with Crippen molar-refractivity contribution in [3.63, 3.8) is 0 Å². The number of carboxylic acids is 1. The van der Waals surface area contributed by atoms with E-state index in [1.807, 2.05) is 19.1 Å². The van der Waals surface area contributed by atoms with Crippen molar-refractivity contribution in [2.75, 3.05) is 6.61 Å². The lowest BCUT2D eigenvalue weighted by Gasteiger charge is -2.06. The van der Waals surface area contributed by atoms with Gasteiger partial charge in [0.05, 0.1) is 0 Å². The molecule has 88 valence electrons. The van der Waals surface area contributed by atoms with Crippen LogP contribution in [0.4, 0.5) is 0 Å². The third-order valence-corrected chi connectivity index (χ3v) is 2.11. The van der Waals surface area contributed by atoms with Crippen LogP contribution in [0, 0.1) is 18.8 Å². The first-order valence-corrected chi connectivity index (χ1v) is 5.17. The van der Waals surface area contributed by atoms with Crippen LogP contribution in [0.1, 0.15) is 18.1 Å². The Kier molecular flexibility index (Phi) is 4.83. The summed E-state index contributed by atoms with van der Waals surface area (Å²) >= 11 is 0. The quantitative estimate of drug-likeness (QED) is 0.638. The van der Waals surface area contributed by atoms with Gasteiger partial charge in [0.25, 0.3) is 0 Å². The summed E-state index contributed by atoms with van der Waals surface area (Å²) in [4.78, 5) is 10.4. The largest absolute Gasteiger partial charge is 0.481 e. The molecule has 0 aliphatic heterocycles. The molecule has 0 aliphatic carbocycles. The lowest BCUT2D eigenvalue weighted by molar-refractivity contribution is -0.131. The average Bonchev–Trinajstić information content (AvgIpc) is 2.30. The van der Waals surface area contributed by atoms with Gasteiger partial charge < -0.3 is 9.84 Å². The summed E-state index contributed by atoms with van der Waals surface area (Å²) in [5, 5.41) is 8.54. The lowest BCUT2D eigenvalue weighted by Crippen LogP contribution is -1.96. The number of carboxylic acid groups (broad SMARTS) is 1. The van der Waals surface area contributed by atoms with E-state index in [0.29, 0.717) is 6.61 Å². The van der Waals surface area contributed by atoms with Gasteiger partial charge in [-0.25, -0.2) is 4.79 Å². The summed E-state index contributed by atoms with van der Waals surface area (Å²) in [5.41, 5.74) is 1.79. The van der Waals surface area contributed by atoms with Gasteiger partial charge in [0.1, 0.15) is 12.4 Å². The number of carbonyl (C=O) groups is 1. The van der Waals surface area contributed by atoms with E-state index in [0.717, 1.165) is 23.0 Å². The fourth-order valence-electron chi connectivity index (χ4n) is 1.23. The van der Waals surface area contributed by atoms with Gasteiger partial charge in [-0.2, -0.15) is 0 Å². The predicted octanol–water partition coefficient (Wildman–Crippen LogP) is 2.49. The normalized spacial score (nSPS) is 9.76.